The summed E-state index contributed by atoms with van der Waals surface area (Å²) in [6.07, 6.45) is 5.38. The number of benzene rings is 1. The van der Waals surface area contributed by atoms with Crippen molar-refractivity contribution >= 4 is 5.91 Å². The fourth-order valence-corrected chi connectivity index (χ4v) is 3.45. The lowest BCUT2D eigenvalue weighted by Crippen LogP contribution is -2.38. The van der Waals surface area contributed by atoms with Crippen molar-refractivity contribution in [2.75, 3.05) is 20.2 Å². The number of aryl methyl sites for hydroxylation is 3. The van der Waals surface area contributed by atoms with Crippen molar-refractivity contribution in [3.8, 4) is 5.75 Å². The van der Waals surface area contributed by atoms with Gasteiger partial charge in [0.2, 0.25) is 11.8 Å². The van der Waals surface area contributed by atoms with E-state index in [0.717, 1.165) is 56.8 Å². The van der Waals surface area contributed by atoms with Crippen molar-refractivity contribution in [3.63, 3.8) is 0 Å². The van der Waals surface area contributed by atoms with Crippen LogP contribution in [0.1, 0.15) is 43.0 Å². The van der Waals surface area contributed by atoms with E-state index >= 15 is 0 Å². The highest BCUT2D eigenvalue weighted by Crippen LogP contribution is 2.23. The van der Waals surface area contributed by atoms with E-state index in [1.807, 2.05) is 36.1 Å². The average Bonchev–Trinajstić information content (AvgIpc) is 3.10. The smallest absolute Gasteiger partial charge is 0.223 e. The van der Waals surface area contributed by atoms with Gasteiger partial charge in [0.15, 0.2) is 5.82 Å². The summed E-state index contributed by atoms with van der Waals surface area (Å²) in [5.41, 5.74) is 1.17. The highest BCUT2D eigenvalue weighted by Gasteiger charge is 2.22. The fourth-order valence-electron chi connectivity index (χ4n) is 3.45. The first-order chi connectivity index (χ1) is 12.6. The summed E-state index contributed by atoms with van der Waals surface area (Å²) in [7, 11) is 1.66. The topological polar surface area (TPSA) is 68.5 Å². The molecule has 1 saturated heterocycles. The maximum Gasteiger partial charge on any atom is 0.223 e. The lowest BCUT2D eigenvalue weighted by atomic mass is 9.92. The predicted octanol–water partition coefficient (Wildman–Crippen LogP) is 3.19. The summed E-state index contributed by atoms with van der Waals surface area (Å²) in [5.74, 6) is 3.16. The largest absolute Gasteiger partial charge is 0.497 e. The molecule has 1 aromatic heterocycles. The van der Waals surface area contributed by atoms with Crippen molar-refractivity contribution in [1.29, 1.82) is 0 Å². The monoisotopic (exact) mass is 357 g/mol. The number of piperidine rings is 1. The molecule has 0 bridgehead atoms. The lowest BCUT2D eigenvalue weighted by molar-refractivity contribution is -0.132. The highest BCUT2D eigenvalue weighted by atomic mass is 16.5. The zero-order valence-electron chi connectivity index (χ0n) is 15.6. The van der Waals surface area contributed by atoms with Crippen molar-refractivity contribution in [3.05, 3.63) is 41.5 Å². The molecule has 0 unspecified atom stereocenters. The van der Waals surface area contributed by atoms with Crippen molar-refractivity contribution in [1.82, 2.24) is 15.0 Å². The first-order valence-electron chi connectivity index (χ1n) is 9.34. The molecule has 1 fully saturated rings. The quantitative estimate of drug-likeness (QED) is 0.761. The van der Waals surface area contributed by atoms with Gasteiger partial charge in [-0.15, -0.1) is 0 Å². The van der Waals surface area contributed by atoms with Gasteiger partial charge in [-0.3, -0.25) is 4.79 Å². The molecule has 0 radical (unpaired) electrons. The summed E-state index contributed by atoms with van der Waals surface area (Å²) < 4.78 is 10.2. The molecule has 2 heterocycles. The Balaban J connectivity index is 1.37. The minimum Gasteiger partial charge on any atom is -0.497 e. The van der Waals surface area contributed by atoms with E-state index in [1.165, 1.54) is 5.56 Å². The molecule has 1 aliphatic rings. The van der Waals surface area contributed by atoms with Crippen LogP contribution < -0.4 is 4.74 Å². The molecule has 26 heavy (non-hydrogen) atoms. The average molecular weight is 357 g/mol. The van der Waals surface area contributed by atoms with Crippen LogP contribution in [-0.2, 0) is 17.6 Å². The van der Waals surface area contributed by atoms with Crippen molar-refractivity contribution < 1.29 is 14.1 Å². The van der Waals surface area contributed by atoms with Crippen LogP contribution in [0.5, 0.6) is 5.75 Å². The van der Waals surface area contributed by atoms with Gasteiger partial charge in [-0.1, -0.05) is 17.3 Å². The van der Waals surface area contributed by atoms with Gasteiger partial charge in [0.1, 0.15) is 5.75 Å². The number of hydrogen-bond acceptors (Lipinski definition) is 5. The third kappa shape index (κ3) is 5.07. The van der Waals surface area contributed by atoms with E-state index in [2.05, 4.69) is 10.1 Å². The molecule has 6 nitrogen and oxygen atoms in total. The van der Waals surface area contributed by atoms with Crippen LogP contribution in [-0.4, -0.2) is 41.1 Å². The molecular weight excluding hydrogens is 330 g/mol. The zero-order chi connectivity index (χ0) is 18.4. The van der Waals surface area contributed by atoms with Crippen LogP contribution in [0.25, 0.3) is 0 Å². The second-order valence-electron chi connectivity index (χ2n) is 6.94. The number of nitrogens with zero attached hydrogens (tertiary/aromatic N) is 3. The van der Waals surface area contributed by atoms with Crippen LogP contribution in [0.2, 0.25) is 0 Å². The Kier molecular flexibility index (Phi) is 6.26. The highest BCUT2D eigenvalue weighted by molar-refractivity contribution is 5.76. The summed E-state index contributed by atoms with van der Waals surface area (Å²) in [4.78, 5) is 18.7. The van der Waals surface area contributed by atoms with Gasteiger partial charge < -0.3 is 14.2 Å². The minimum atomic E-state index is 0.257. The van der Waals surface area contributed by atoms with Gasteiger partial charge in [0, 0.05) is 32.9 Å². The number of hydrogen-bond donors (Lipinski definition) is 0. The standard InChI is InChI=1S/C20H27N3O3/c1-15-21-19(22-26-15)9-5-17-11-13-23(14-12-17)20(24)10-6-16-3-7-18(25-2)8-4-16/h3-4,7-8,17H,5-6,9-14H2,1-2H3. The van der Waals surface area contributed by atoms with Gasteiger partial charge in [-0.25, -0.2) is 0 Å². The van der Waals surface area contributed by atoms with E-state index < -0.39 is 0 Å². The maximum atomic E-state index is 12.5. The van der Waals surface area contributed by atoms with Gasteiger partial charge in [-0.2, -0.15) is 4.98 Å². The van der Waals surface area contributed by atoms with E-state index in [4.69, 9.17) is 9.26 Å². The number of carbonyl (C=O) groups excluding carboxylic acids is 1. The molecule has 0 N–H and O–H groups in total. The predicted molar refractivity (Wildman–Crippen MR) is 98.0 cm³/mol. The van der Waals surface area contributed by atoms with Crippen LogP contribution in [0.15, 0.2) is 28.8 Å². The summed E-state index contributed by atoms with van der Waals surface area (Å²) >= 11 is 0. The van der Waals surface area contributed by atoms with Crippen LogP contribution in [0.4, 0.5) is 0 Å². The third-order valence-electron chi connectivity index (χ3n) is 5.10. The molecule has 1 aliphatic heterocycles. The van der Waals surface area contributed by atoms with Crippen LogP contribution in [0, 0.1) is 12.8 Å². The number of likely N-dealkylation sites (tertiary alicyclic amines) is 1. The molecule has 3 rings (SSSR count). The summed E-state index contributed by atoms with van der Waals surface area (Å²) in [6, 6.07) is 7.93. The number of aromatic nitrogens is 2. The molecular formula is C20H27N3O3. The number of rotatable bonds is 7. The van der Waals surface area contributed by atoms with Crippen LogP contribution >= 0.6 is 0 Å². The molecule has 6 heteroatoms. The maximum absolute atomic E-state index is 12.5. The van der Waals surface area contributed by atoms with Crippen LogP contribution in [0.3, 0.4) is 0 Å². The van der Waals surface area contributed by atoms with Crippen molar-refractivity contribution in [2.45, 2.75) is 45.4 Å². The fraction of sp³-hybridized carbons (Fsp3) is 0.550. The van der Waals surface area contributed by atoms with Crippen molar-refractivity contribution in [2.24, 2.45) is 5.92 Å². The van der Waals surface area contributed by atoms with Gasteiger partial charge in [-0.05, 0) is 49.3 Å². The first kappa shape index (κ1) is 18.4. The molecule has 140 valence electrons. The minimum absolute atomic E-state index is 0.257. The zero-order valence-corrected chi connectivity index (χ0v) is 15.6. The van der Waals surface area contributed by atoms with E-state index in [1.54, 1.807) is 7.11 Å². The number of amides is 1. The molecule has 0 aliphatic carbocycles. The number of ether oxygens (including phenoxy) is 1. The third-order valence-corrected chi connectivity index (χ3v) is 5.10. The Morgan fingerprint density at radius 3 is 2.58 bits per heavy atom. The Bertz CT molecular complexity index is 703. The lowest BCUT2D eigenvalue weighted by Gasteiger charge is -2.32. The number of methoxy groups -OCH3 is 1. The first-order valence-corrected chi connectivity index (χ1v) is 9.34. The molecule has 0 atom stereocenters. The Morgan fingerprint density at radius 2 is 1.96 bits per heavy atom. The van der Waals surface area contributed by atoms with E-state index in [-0.39, 0.29) is 5.91 Å². The normalized spacial score (nSPS) is 15.2. The van der Waals surface area contributed by atoms with Gasteiger partial charge in [0.05, 0.1) is 7.11 Å². The van der Waals surface area contributed by atoms with Gasteiger partial charge in [0.25, 0.3) is 0 Å². The Labute approximate surface area is 154 Å². The molecule has 2 aromatic rings. The second kappa shape index (κ2) is 8.83. The summed E-state index contributed by atoms with van der Waals surface area (Å²) in [6.45, 7) is 3.53. The second-order valence-corrected chi connectivity index (χ2v) is 6.94. The number of carbonyl (C=O) groups is 1. The SMILES string of the molecule is COc1ccc(CCC(=O)N2CCC(CCc3noc(C)n3)CC2)cc1. The molecule has 1 aromatic carbocycles. The van der Waals surface area contributed by atoms with Gasteiger partial charge >= 0.3 is 0 Å². The molecule has 0 saturated carbocycles. The molecule has 0 spiro atoms. The molecule has 1 amide bonds. The Hall–Kier alpha value is -2.37. The van der Waals surface area contributed by atoms with E-state index in [0.29, 0.717) is 18.2 Å². The Morgan fingerprint density at radius 1 is 1.23 bits per heavy atom. The van der Waals surface area contributed by atoms with E-state index in [9.17, 15) is 4.79 Å². The summed E-state index contributed by atoms with van der Waals surface area (Å²) in [5, 5.41) is 3.95.